The van der Waals surface area contributed by atoms with Gasteiger partial charge in [-0.05, 0) is 138 Å². The molecule has 18 rings (SSSR count). The predicted octanol–water partition coefficient (Wildman–Crippen LogP) is 24.1. The molecule has 2 heteroatoms. The van der Waals surface area contributed by atoms with Crippen molar-refractivity contribution in [3.63, 3.8) is 0 Å². The molecule has 0 spiro atoms. The first-order valence-corrected chi connectivity index (χ1v) is 27.4. The summed E-state index contributed by atoms with van der Waals surface area (Å²) in [7, 11) is 0. The van der Waals surface area contributed by atoms with Crippen LogP contribution in [0.1, 0.15) is 35.6 Å². The highest BCUT2D eigenvalue weighted by molar-refractivity contribution is 6.28. The van der Waals surface area contributed by atoms with Gasteiger partial charge >= 0.3 is 0 Å². The van der Waals surface area contributed by atoms with E-state index in [9.17, 15) is 11.0 Å². The van der Waals surface area contributed by atoms with Crippen molar-refractivity contribution in [3.05, 3.63) is 315 Å². The molecule has 0 N–H and O–H groups in total. The second kappa shape index (κ2) is 20.2. The third-order valence-corrected chi connectivity index (χ3v) is 16.0. The van der Waals surface area contributed by atoms with Crippen LogP contribution in [0.15, 0.2) is 324 Å². The second-order valence-corrected chi connectivity index (χ2v) is 20.5. The van der Waals surface area contributed by atoms with Crippen molar-refractivity contribution >= 4 is 109 Å². The van der Waals surface area contributed by atoms with Gasteiger partial charge in [0, 0.05) is 32.7 Å². The lowest BCUT2D eigenvalue weighted by molar-refractivity contribution is 0.669. The fourth-order valence-electron chi connectivity index (χ4n) is 12.4. The molecule has 2 nitrogen and oxygen atoms in total. The van der Waals surface area contributed by atoms with E-state index in [4.69, 9.17) is 33.5 Å². The molecule has 0 fully saturated rings. The van der Waals surface area contributed by atoms with E-state index in [0.717, 1.165) is 43.8 Å². The van der Waals surface area contributed by atoms with Crippen molar-refractivity contribution in [2.24, 2.45) is 0 Å². The Morgan fingerprint density at radius 3 is 1.09 bits per heavy atom. The molecule has 0 bridgehead atoms. The fourth-order valence-corrected chi connectivity index (χ4v) is 12.4. The summed E-state index contributed by atoms with van der Waals surface area (Å²) in [5.41, 5.74) is 4.46. The van der Waals surface area contributed by atoms with E-state index in [1.165, 1.54) is 0 Å². The van der Waals surface area contributed by atoms with Crippen molar-refractivity contribution < 1.29 is 44.5 Å². The van der Waals surface area contributed by atoms with Crippen molar-refractivity contribution in [1.82, 2.24) is 0 Å². The lowest BCUT2D eigenvalue weighted by Crippen LogP contribution is -1.91. The molecule has 0 aliphatic rings. The lowest BCUT2D eigenvalue weighted by Gasteiger charge is -2.18. The van der Waals surface area contributed by atoms with Gasteiger partial charge < -0.3 is 8.83 Å². The van der Waals surface area contributed by atoms with Crippen LogP contribution in [0, 0.1) is 0 Å². The zero-order chi connectivity index (χ0) is 79.3. The molecule has 0 unspecified atom stereocenters. The summed E-state index contributed by atoms with van der Waals surface area (Å²) < 4.78 is 244. The third kappa shape index (κ3) is 7.88. The molecule has 2 aromatic heterocycles. The van der Waals surface area contributed by atoms with Crippen LogP contribution in [-0.2, 0) is 0 Å². The van der Waals surface area contributed by atoms with Gasteiger partial charge in [-0.25, -0.2) is 0 Å². The summed E-state index contributed by atoms with van der Waals surface area (Å²) in [6.45, 7) is 0. The number of fused-ring (bicyclic) bond motifs is 12. The first kappa shape index (κ1) is 29.8. The Kier molecular flexibility index (Phi) is 7.01. The molecular weight excluding hydrogens is 1040 g/mol. The van der Waals surface area contributed by atoms with Gasteiger partial charge in [-0.15, -0.1) is 0 Å². The SMILES string of the molecule is [2H]c1c([2H])c([2H])c(-c2c3c([2H])c([2H])c([2H])c([2H])c3c(-c3cccc4oc5c(-c6ccc7ccccc7c6)cccc5c34)c3c([2H])c([2H])c([2H])c([2H])c23)c([2H])c1[2H].[2H]c1c([2H])c([2H])c(-c2c3c([2H])c([2H])c([2H])c([2H])c3c(-c3cccc4oc5c(-c6cccc7ccccc67)cccc5c34)c3c([2H])c([2H])c([2H])c([2H])c23)c([2H])c1[2H]. The number of hydrogen-bond donors (Lipinski definition) is 0. The first-order valence-electron chi connectivity index (χ1n) is 40.4. The highest BCUT2D eigenvalue weighted by Crippen LogP contribution is 2.50. The normalized spacial score (nSPS) is 16.0. The summed E-state index contributed by atoms with van der Waals surface area (Å²) in [4.78, 5) is 0. The van der Waals surface area contributed by atoms with Crippen LogP contribution in [0.3, 0.4) is 0 Å². The smallest absolute Gasteiger partial charge is 0.143 e. The Morgan fingerprint density at radius 1 is 0.221 bits per heavy atom. The van der Waals surface area contributed by atoms with Crippen LogP contribution < -0.4 is 0 Å². The van der Waals surface area contributed by atoms with Crippen LogP contribution in [-0.4, -0.2) is 0 Å². The molecule has 0 aliphatic heterocycles. The van der Waals surface area contributed by atoms with Gasteiger partial charge in [0.25, 0.3) is 0 Å². The van der Waals surface area contributed by atoms with Crippen LogP contribution in [0.5, 0.6) is 0 Å². The number of para-hydroxylation sites is 2. The highest BCUT2D eigenvalue weighted by atomic mass is 16.3. The van der Waals surface area contributed by atoms with Crippen molar-refractivity contribution in [1.29, 1.82) is 0 Å². The quantitative estimate of drug-likeness (QED) is 0.155. The minimum Gasteiger partial charge on any atom is -0.455 e. The molecule has 0 saturated heterocycles. The Bertz CT molecular complexity index is 7120. The lowest BCUT2D eigenvalue weighted by atomic mass is 9.85. The van der Waals surface area contributed by atoms with Crippen LogP contribution in [0.25, 0.3) is 175 Å². The summed E-state index contributed by atoms with van der Waals surface area (Å²) in [5.74, 6) is 0. The van der Waals surface area contributed by atoms with Gasteiger partial charge in [0.05, 0.1) is 35.6 Å². The molecular formula is C84H52O2. The Hall–Kier alpha value is -11.3. The summed E-state index contributed by atoms with van der Waals surface area (Å²) in [6, 6.07) is 32.7. The third-order valence-electron chi connectivity index (χ3n) is 16.0. The van der Waals surface area contributed by atoms with Crippen molar-refractivity contribution in [2.75, 3.05) is 0 Å². The van der Waals surface area contributed by atoms with E-state index in [1.807, 2.05) is 115 Å². The Balaban J connectivity index is 0.000000163. The maximum Gasteiger partial charge on any atom is 0.143 e. The number of benzene rings is 16. The van der Waals surface area contributed by atoms with Crippen molar-refractivity contribution in [2.45, 2.75) is 0 Å². The van der Waals surface area contributed by atoms with Crippen LogP contribution >= 0.6 is 0 Å². The number of rotatable bonds is 6. The zero-order valence-corrected chi connectivity index (χ0v) is 44.8. The van der Waals surface area contributed by atoms with Gasteiger partial charge in [0.15, 0.2) is 0 Å². The summed E-state index contributed by atoms with van der Waals surface area (Å²) >= 11 is 0. The molecule has 0 saturated carbocycles. The molecule has 400 valence electrons. The second-order valence-electron chi connectivity index (χ2n) is 20.5. The van der Waals surface area contributed by atoms with Crippen LogP contribution in [0.4, 0.5) is 0 Å². The summed E-state index contributed by atoms with van der Waals surface area (Å²) in [5, 5.41) is 4.78. The maximum atomic E-state index is 9.35. The first-order chi connectivity index (χ1) is 53.5. The Labute approximate surface area is 533 Å². The largest absolute Gasteiger partial charge is 0.455 e. The minimum absolute atomic E-state index is 0.0500. The highest BCUT2D eigenvalue weighted by Gasteiger charge is 2.24. The zero-order valence-electron chi connectivity index (χ0n) is 70.8. The van der Waals surface area contributed by atoms with E-state index in [1.54, 1.807) is 36.4 Å². The van der Waals surface area contributed by atoms with E-state index < -0.39 is 168 Å². The van der Waals surface area contributed by atoms with Gasteiger partial charge in [-0.1, -0.05) is 297 Å². The molecule has 0 radical (unpaired) electrons. The van der Waals surface area contributed by atoms with E-state index in [2.05, 4.69) is 6.07 Å². The Morgan fingerprint density at radius 2 is 0.581 bits per heavy atom. The molecule has 0 atom stereocenters. The molecule has 0 amide bonds. The van der Waals surface area contributed by atoms with Crippen molar-refractivity contribution in [3.8, 4) is 66.8 Å². The van der Waals surface area contributed by atoms with Gasteiger partial charge in [0.1, 0.15) is 22.3 Å². The standard InChI is InChI=1S/2C42H26O/c1-2-14-28(15-3-1)39-31-18-6-8-20-33(31)40(34-21-9-7-19-32(34)39)36-24-12-26-38-41(36)37-25-11-23-35(42(37)43-38)30-22-10-16-27-13-4-5-17-29(27)30;1-2-13-28(14-3-1)39-32-16-6-8-18-34(32)40(35-19-9-7-17-33(35)39)36-21-11-23-38-41(36)37-22-10-20-31(42(37)43-38)30-25-24-27-12-4-5-15-29(27)26-30/h2*1-26H/i1D,2D,3D,6D,7D,8D,9D,14D,15D,18D,19D,20D,21D;1D,2D,3D,6D,7D,8D,9D,13D,14D,16D,17D,18D,19D. The van der Waals surface area contributed by atoms with E-state index in [-0.39, 0.29) is 65.3 Å². The minimum atomic E-state index is -0.718. The fraction of sp³-hybridized carbons (Fsp3) is 0. The molecule has 16 aromatic carbocycles. The van der Waals surface area contributed by atoms with Crippen LogP contribution in [0.2, 0.25) is 0 Å². The predicted molar refractivity (Wildman–Crippen MR) is 365 cm³/mol. The number of hydrogen-bond acceptors (Lipinski definition) is 2. The molecule has 86 heavy (non-hydrogen) atoms. The molecule has 18 aromatic rings. The topological polar surface area (TPSA) is 26.3 Å². The van der Waals surface area contributed by atoms with Gasteiger partial charge in [-0.2, -0.15) is 0 Å². The van der Waals surface area contributed by atoms with E-state index in [0.29, 0.717) is 55.0 Å². The molecule has 2 heterocycles. The van der Waals surface area contributed by atoms with Gasteiger partial charge in [0.2, 0.25) is 0 Å². The monoisotopic (exact) mass is 1120 g/mol. The summed E-state index contributed by atoms with van der Waals surface area (Å²) in [6.07, 6.45) is 0. The maximum absolute atomic E-state index is 9.35. The van der Waals surface area contributed by atoms with E-state index >= 15 is 0 Å². The average Bonchev–Trinajstić information content (AvgIpc) is 0.870. The van der Waals surface area contributed by atoms with Gasteiger partial charge in [-0.3, -0.25) is 0 Å². The number of furan rings is 2. The molecule has 0 aliphatic carbocycles. The average molecular weight is 1120 g/mol.